The number of ether oxygens (including phenoxy) is 1. The highest BCUT2D eigenvalue weighted by molar-refractivity contribution is 7.91. The van der Waals surface area contributed by atoms with Crippen LogP contribution in [0.25, 0.3) is 0 Å². The normalized spacial score (nSPS) is 29.9. The highest BCUT2D eigenvalue weighted by Gasteiger charge is 2.38. The Morgan fingerprint density at radius 3 is 2.75 bits per heavy atom. The third-order valence-corrected chi connectivity index (χ3v) is 5.12. The van der Waals surface area contributed by atoms with E-state index in [4.69, 9.17) is 9.84 Å². The van der Waals surface area contributed by atoms with Crippen molar-refractivity contribution in [3.63, 3.8) is 0 Å². The fourth-order valence-electron chi connectivity index (χ4n) is 2.46. The van der Waals surface area contributed by atoms with Gasteiger partial charge in [-0.15, -0.1) is 0 Å². The van der Waals surface area contributed by atoms with E-state index in [-0.39, 0.29) is 30.4 Å². The van der Waals surface area contributed by atoms with Gasteiger partial charge >= 0.3 is 5.97 Å². The Kier molecular flexibility index (Phi) is 4.61. The van der Waals surface area contributed by atoms with Crippen LogP contribution >= 0.6 is 0 Å². The molecule has 2 rings (SSSR count). The highest BCUT2D eigenvalue weighted by Crippen LogP contribution is 2.17. The molecule has 0 spiro atoms. The summed E-state index contributed by atoms with van der Waals surface area (Å²) in [5, 5.41) is 11.9. The number of nitrogens with zero attached hydrogens (tertiary/aromatic N) is 1. The second-order valence-corrected chi connectivity index (χ2v) is 7.19. The first-order valence-corrected chi connectivity index (χ1v) is 8.26. The van der Waals surface area contributed by atoms with Crippen LogP contribution in [0.1, 0.15) is 6.42 Å². The number of morpholine rings is 1. The van der Waals surface area contributed by atoms with Crippen molar-refractivity contribution in [3.8, 4) is 0 Å². The van der Waals surface area contributed by atoms with Crippen LogP contribution in [-0.4, -0.2) is 80.2 Å². The first kappa shape index (κ1) is 15.2. The molecule has 2 unspecified atom stereocenters. The lowest BCUT2D eigenvalue weighted by Crippen LogP contribution is -2.57. The molecule has 114 valence electrons. The molecule has 1 amide bonds. The molecule has 0 saturated carbocycles. The van der Waals surface area contributed by atoms with Crippen molar-refractivity contribution in [2.24, 2.45) is 0 Å². The number of hydrogen-bond acceptors (Lipinski definition) is 6. The second kappa shape index (κ2) is 6.06. The summed E-state index contributed by atoms with van der Waals surface area (Å²) < 4.78 is 28.6. The summed E-state index contributed by atoms with van der Waals surface area (Å²) in [6.45, 7) is 1.46. The van der Waals surface area contributed by atoms with Crippen LogP contribution in [0.2, 0.25) is 0 Å². The molecule has 2 saturated heterocycles. The van der Waals surface area contributed by atoms with E-state index in [1.54, 1.807) is 0 Å². The molecule has 2 aliphatic rings. The number of hydrogen-bond donors (Lipinski definition) is 2. The van der Waals surface area contributed by atoms with Gasteiger partial charge in [-0.05, 0) is 0 Å². The van der Waals surface area contributed by atoms with Gasteiger partial charge in [0.05, 0.1) is 30.6 Å². The predicted molar refractivity (Wildman–Crippen MR) is 69.0 cm³/mol. The van der Waals surface area contributed by atoms with Gasteiger partial charge in [-0.3, -0.25) is 9.59 Å². The first-order valence-electron chi connectivity index (χ1n) is 6.44. The first-order chi connectivity index (χ1) is 9.39. The smallest absolute Gasteiger partial charge is 0.305 e. The molecule has 2 N–H and O–H groups in total. The van der Waals surface area contributed by atoms with Gasteiger partial charge in [-0.2, -0.15) is 0 Å². The maximum absolute atomic E-state index is 12.3. The zero-order valence-electron chi connectivity index (χ0n) is 10.9. The maximum atomic E-state index is 12.3. The minimum absolute atomic E-state index is 0.0268. The van der Waals surface area contributed by atoms with Gasteiger partial charge in [0.25, 0.3) is 5.91 Å². The predicted octanol–water partition coefficient (Wildman–Crippen LogP) is -1.92. The lowest BCUT2D eigenvalue weighted by molar-refractivity contribution is -0.149. The number of sulfone groups is 1. The number of carbonyl (C=O) groups is 2. The van der Waals surface area contributed by atoms with E-state index in [0.717, 1.165) is 0 Å². The molecule has 0 aromatic carbocycles. The van der Waals surface area contributed by atoms with Crippen molar-refractivity contribution in [3.05, 3.63) is 0 Å². The number of carboxylic acid groups (broad SMARTS) is 1. The average Bonchev–Trinajstić information content (AvgIpc) is 2.37. The highest BCUT2D eigenvalue weighted by atomic mass is 32.2. The molecule has 2 heterocycles. The number of rotatable bonds is 3. The number of carboxylic acids is 1. The summed E-state index contributed by atoms with van der Waals surface area (Å²) in [7, 11) is -3.29. The van der Waals surface area contributed by atoms with Crippen LogP contribution in [0, 0.1) is 0 Å². The lowest BCUT2D eigenvalue weighted by atomic mass is 10.1. The average molecular weight is 306 g/mol. The van der Waals surface area contributed by atoms with Crippen LogP contribution in [-0.2, 0) is 24.2 Å². The number of nitrogens with one attached hydrogen (secondary N) is 1. The standard InChI is InChI=1S/C11H18N2O6S/c14-10(15)5-8-7-20(17,18)4-2-13(8)11(16)9-6-12-1-3-19-9/h8-9,12H,1-7H2,(H,14,15). The largest absolute Gasteiger partial charge is 0.481 e. The third-order valence-electron chi connectivity index (χ3n) is 3.43. The summed E-state index contributed by atoms with van der Waals surface area (Å²) in [5.41, 5.74) is 0. The fraction of sp³-hybridized carbons (Fsp3) is 0.818. The van der Waals surface area contributed by atoms with Gasteiger partial charge in [0.1, 0.15) is 6.10 Å². The molecular weight excluding hydrogens is 288 g/mol. The molecule has 2 aliphatic heterocycles. The Morgan fingerprint density at radius 2 is 2.15 bits per heavy atom. The molecule has 20 heavy (non-hydrogen) atoms. The minimum atomic E-state index is -3.29. The summed E-state index contributed by atoms with van der Waals surface area (Å²) in [5.74, 6) is -1.88. The van der Waals surface area contributed by atoms with E-state index in [9.17, 15) is 18.0 Å². The second-order valence-electron chi connectivity index (χ2n) is 4.96. The van der Waals surface area contributed by atoms with Crippen molar-refractivity contribution in [1.82, 2.24) is 10.2 Å². The van der Waals surface area contributed by atoms with Crippen molar-refractivity contribution in [2.75, 3.05) is 37.7 Å². The Balaban J connectivity index is 2.10. The van der Waals surface area contributed by atoms with E-state index in [0.29, 0.717) is 19.7 Å². The van der Waals surface area contributed by atoms with Crippen LogP contribution in [0.5, 0.6) is 0 Å². The van der Waals surface area contributed by atoms with Gasteiger partial charge in [-0.25, -0.2) is 8.42 Å². The van der Waals surface area contributed by atoms with E-state index in [1.165, 1.54) is 4.90 Å². The molecule has 8 nitrogen and oxygen atoms in total. The van der Waals surface area contributed by atoms with Crippen LogP contribution in [0.4, 0.5) is 0 Å². The topological polar surface area (TPSA) is 113 Å². The Labute approximate surface area is 117 Å². The van der Waals surface area contributed by atoms with Gasteiger partial charge < -0.3 is 20.1 Å². The van der Waals surface area contributed by atoms with Crippen molar-refractivity contribution >= 4 is 21.7 Å². The zero-order valence-corrected chi connectivity index (χ0v) is 11.8. The molecule has 2 fully saturated rings. The van der Waals surface area contributed by atoms with Crippen LogP contribution < -0.4 is 5.32 Å². The van der Waals surface area contributed by atoms with Gasteiger partial charge in [-0.1, -0.05) is 0 Å². The quantitative estimate of drug-likeness (QED) is 0.624. The van der Waals surface area contributed by atoms with E-state index in [2.05, 4.69) is 5.32 Å². The SMILES string of the molecule is O=C(O)CC1CS(=O)(=O)CCN1C(=O)C1CNCCO1. The van der Waals surface area contributed by atoms with Gasteiger partial charge in [0.15, 0.2) is 9.84 Å². The van der Waals surface area contributed by atoms with Crippen molar-refractivity contribution in [2.45, 2.75) is 18.6 Å². The fourth-order valence-corrected chi connectivity index (χ4v) is 3.98. The van der Waals surface area contributed by atoms with Gasteiger partial charge in [0.2, 0.25) is 0 Å². The molecule has 2 atom stereocenters. The lowest BCUT2D eigenvalue weighted by Gasteiger charge is -2.37. The molecule has 0 aliphatic carbocycles. The zero-order chi connectivity index (χ0) is 14.8. The molecule has 9 heteroatoms. The molecular formula is C11H18N2O6S. The molecule has 0 bridgehead atoms. The van der Waals surface area contributed by atoms with Crippen LogP contribution in [0.15, 0.2) is 0 Å². The van der Waals surface area contributed by atoms with Crippen molar-refractivity contribution < 1.29 is 27.9 Å². The van der Waals surface area contributed by atoms with Gasteiger partial charge in [0, 0.05) is 19.6 Å². The van der Waals surface area contributed by atoms with Crippen LogP contribution in [0.3, 0.4) is 0 Å². The Bertz CT molecular complexity index is 485. The molecule has 0 radical (unpaired) electrons. The number of amides is 1. The van der Waals surface area contributed by atoms with E-state index >= 15 is 0 Å². The van der Waals surface area contributed by atoms with E-state index in [1.807, 2.05) is 0 Å². The summed E-state index contributed by atoms with van der Waals surface area (Å²) in [6, 6.07) is -0.815. The number of aliphatic carboxylic acids is 1. The molecule has 0 aromatic rings. The van der Waals surface area contributed by atoms with E-state index < -0.39 is 28.0 Å². The summed E-state index contributed by atoms with van der Waals surface area (Å²) in [6.07, 6.45) is -1.04. The third kappa shape index (κ3) is 3.68. The molecule has 0 aromatic heterocycles. The Morgan fingerprint density at radius 1 is 1.40 bits per heavy atom. The minimum Gasteiger partial charge on any atom is -0.481 e. The monoisotopic (exact) mass is 306 g/mol. The summed E-state index contributed by atoms with van der Waals surface area (Å²) in [4.78, 5) is 24.5. The summed E-state index contributed by atoms with van der Waals surface area (Å²) >= 11 is 0. The van der Waals surface area contributed by atoms with Crippen molar-refractivity contribution in [1.29, 1.82) is 0 Å². The number of carbonyl (C=O) groups excluding carboxylic acids is 1. The Hall–Kier alpha value is -1.19. The maximum Gasteiger partial charge on any atom is 0.305 e.